The average Bonchev–Trinajstić information content (AvgIpc) is 1.97. The standard InChI is InChI=1S/C10H20N2O4/c1-6(2)7(11-8(13)14)12-9(15)16-10(3,4)5/h6-7,11H,1-5H3,(H,12,15)(H,13,14). The molecule has 2 amide bonds. The molecule has 0 heterocycles. The minimum atomic E-state index is -1.19. The van der Waals surface area contributed by atoms with Crippen molar-refractivity contribution < 1.29 is 19.4 Å². The van der Waals surface area contributed by atoms with Crippen LogP contribution in [0.15, 0.2) is 0 Å². The number of carbonyl (C=O) groups is 2. The Bertz CT molecular complexity index is 258. The van der Waals surface area contributed by atoms with Gasteiger partial charge in [-0.25, -0.2) is 9.59 Å². The normalized spacial score (nSPS) is 13.1. The summed E-state index contributed by atoms with van der Waals surface area (Å²) in [5, 5.41) is 13.2. The highest BCUT2D eigenvalue weighted by molar-refractivity contribution is 5.70. The Balaban J connectivity index is 4.30. The largest absolute Gasteiger partial charge is 0.465 e. The van der Waals surface area contributed by atoms with E-state index in [1.54, 1.807) is 34.6 Å². The fourth-order valence-corrected chi connectivity index (χ4v) is 0.937. The molecule has 0 aromatic rings. The first kappa shape index (κ1) is 14.5. The van der Waals surface area contributed by atoms with Gasteiger partial charge < -0.3 is 20.5 Å². The van der Waals surface area contributed by atoms with Gasteiger partial charge in [0, 0.05) is 0 Å². The number of hydrogen-bond donors (Lipinski definition) is 3. The van der Waals surface area contributed by atoms with Crippen LogP contribution in [0.1, 0.15) is 34.6 Å². The van der Waals surface area contributed by atoms with Gasteiger partial charge in [-0.15, -0.1) is 0 Å². The predicted molar refractivity (Wildman–Crippen MR) is 59.2 cm³/mol. The summed E-state index contributed by atoms with van der Waals surface area (Å²) in [6.07, 6.45) is -2.48. The van der Waals surface area contributed by atoms with Gasteiger partial charge in [0.1, 0.15) is 11.8 Å². The van der Waals surface area contributed by atoms with Crippen LogP contribution in [0.2, 0.25) is 0 Å². The number of amides is 2. The first-order chi connectivity index (χ1) is 7.11. The van der Waals surface area contributed by atoms with Gasteiger partial charge in [0.2, 0.25) is 0 Å². The van der Waals surface area contributed by atoms with Crippen molar-refractivity contribution in [2.24, 2.45) is 5.92 Å². The molecule has 0 radical (unpaired) electrons. The molecule has 0 saturated heterocycles. The van der Waals surface area contributed by atoms with E-state index in [1.165, 1.54) is 0 Å². The second kappa shape index (κ2) is 5.58. The second-order valence-corrected chi connectivity index (χ2v) is 4.82. The van der Waals surface area contributed by atoms with E-state index < -0.39 is 24.0 Å². The molecule has 0 fully saturated rings. The van der Waals surface area contributed by atoms with E-state index in [0.717, 1.165) is 0 Å². The molecule has 0 saturated carbocycles. The van der Waals surface area contributed by atoms with Crippen LogP contribution in [0.4, 0.5) is 9.59 Å². The van der Waals surface area contributed by atoms with E-state index in [-0.39, 0.29) is 5.92 Å². The second-order valence-electron chi connectivity index (χ2n) is 4.82. The minimum Gasteiger partial charge on any atom is -0.465 e. The van der Waals surface area contributed by atoms with Crippen molar-refractivity contribution in [1.29, 1.82) is 0 Å². The molecule has 6 nitrogen and oxygen atoms in total. The van der Waals surface area contributed by atoms with E-state index in [2.05, 4.69) is 10.6 Å². The van der Waals surface area contributed by atoms with Gasteiger partial charge in [-0.1, -0.05) is 13.8 Å². The molecule has 0 aromatic heterocycles. The summed E-state index contributed by atoms with van der Waals surface area (Å²) in [7, 11) is 0. The maximum absolute atomic E-state index is 11.4. The highest BCUT2D eigenvalue weighted by Crippen LogP contribution is 2.07. The third kappa shape index (κ3) is 6.92. The molecular weight excluding hydrogens is 212 g/mol. The minimum absolute atomic E-state index is 0.0661. The molecule has 0 bridgehead atoms. The summed E-state index contributed by atoms with van der Waals surface area (Å²) in [6.45, 7) is 8.79. The van der Waals surface area contributed by atoms with Crippen molar-refractivity contribution in [3.63, 3.8) is 0 Å². The lowest BCUT2D eigenvalue weighted by atomic mass is 10.1. The lowest BCUT2D eigenvalue weighted by Gasteiger charge is -2.25. The van der Waals surface area contributed by atoms with Crippen molar-refractivity contribution in [2.75, 3.05) is 0 Å². The van der Waals surface area contributed by atoms with Crippen LogP contribution in [0, 0.1) is 5.92 Å². The summed E-state index contributed by atoms with van der Waals surface area (Å²) >= 11 is 0. The van der Waals surface area contributed by atoms with Crippen LogP contribution in [-0.2, 0) is 4.74 Å². The van der Waals surface area contributed by atoms with E-state index in [9.17, 15) is 9.59 Å². The van der Waals surface area contributed by atoms with Crippen LogP contribution in [-0.4, -0.2) is 29.1 Å². The lowest BCUT2D eigenvalue weighted by molar-refractivity contribution is 0.0479. The summed E-state index contributed by atoms with van der Waals surface area (Å²) in [6, 6.07) is 0. The van der Waals surface area contributed by atoms with E-state index >= 15 is 0 Å². The maximum Gasteiger partial charge on any atom is 0.409 e. The van der Waals surface area contributed by atoms with Gasteiger partial charge in [0.15, 0.2) is 0 Å². The molecule has 0 rings (SSSR count). The van der Waals surface area contributed by atoms with Crippen LogP contribution in [0.5, 0.6) is 0 Å². The molecule has 94 valence electrons. The van der Waals surface area contributed by atoms with Crippen molar-refractivity contribution in [1.82, 2.24) is 10.6 Å². The van der Waals surface area contributed by atoms with Gasteiger partial charge in [0.05, 0.1) is 0 Å². The van der Waals surface area contributed by atoms with Crippen molar-refractivity contribution in [3.8, 4) is 0 Å². The Hall–Kier alpha value is -1.46. The van der Waals surface area contributed by atoms with Crippen LogP contribution >= 0.6 is 0 Å². The average molecular weight is 232 g/mol. The fraction of sp³-hybridized carbons (Fsp3) is 0.800. The number of hydrogen-bond acceptors (Lipinski definition) is 3. The van der Waals surface area contributed by atoms with Gasteiger partial charge >= 0.3 is 12.2 Å². The van der Waals surface area contributed by atoms with Gasteiger partial charge in [0.25, 0.3) is 0 Å². The van der Waals surface area contributed by atoms with Gasteiger partial charge in [-0.3, -0.25) is 0 Å². The highest BCUT2D eigenvalue weighted by Gasteiger charge is 2.22. The molecule has 0 aliphatic heterocycles. The van der Waals surface area contributed by atoms with Crippen molar-refractivity contribution in [3.05, 3.63) is 0 Å². The molecule has 0 aliphatic carbocycles. The molecule has 0 spiro atoms. The third-order valence-electron chi connectivity index (χ3n) is 1.62. The summed E-state index contributed by atoms with van der Waals surface area (Å²) in [5.41, 5.74) is -0.602. The topological polar surface area (TPSA) is 87.7 Å². The Labute approximate surface area is 95.4 Å². The lowest BCUT2D eigenvalue weighted by Crippen LogP contribution is -2.51. The first-order valence-corrected chi connectivity index (χ1v) is 5.11. The van der Waals surface area contributed by atoms with Gasteiger partial charge in [-0.2, -0.15) is 0 Å². The zero-order chi connectivity index (χ0) is 12.9. The number of carbonyl (C=O) groups excluding carboxylic acids is 1. The van der Waals surface area contributed by atoms with Crippen molar-refractivity contribution >= 4 is 12.2 Å². The summed E-state index contributed by atoms with van der Waals surface area (Å²) < 4.78 is 5.02. The molecule has 3 N–H and O–H groups in total. The Morgan fingerprint density at radius 1 is 1.19 bits per heavy atom. The Morgan fingerprint density at radius 3 is 2.00 bits per heavy atom. The predicted octanol–water partition coefficient (Wildman–Crippen LogP) is 1.76. The fourth-order valence-electron chi connectivity index (χ4n) is 0.937. The number of nitrogens with one attached hydrogen (secondary N) is 2. The summed E-state index contributed by atoms with van der Waals surface area (Å²) in [5.74, 6) is -0.0661. The van der Waals surface area contributed by atoms with E-state index in [1.807, 2.05) is 0 Å². The molecule has 6 heteroatoms. The molecular formula is C10H20N2O4. The summed E-state index contributed by atoms with van der Waals surface area (Å²) in [4.78, 5) is 21.9. The SMILES string of the molecule is CC(C)C(NC(=O)O)NC(=O)OC(C)(C)C. The smallest absolute Gasteiger partial charge is 0.409 e. The van der Waals surface area contributed by atoms with E-state index in [4.69, 9.17) is 9.84 Å². The molecule has 1 atom stereocenters. The third-order valence-corrected chi connectivity index (χ3v) is 1.62. The Morgan fingerprint density at radius 2 is 1.69 bits per heavy atom. The van der Waals surface area contributed by atoms with Gasteiger partial charge in [-0.05, 0) is 26.7 Å². The number of rotatable bonds is 3. The van der Waals surface area contributed by atoms with Crippen LogP contribution in [0.25, 0.3) is 0 Å². The molecule has 16 heavy (non-hydrogen) atoms. The van der Waals surface area contributed by atoms with E-state index in [0.29, 0.717) is 0 Å². The number of ether oxygens (including phenoxy) is 1. The van der Waals surface area contributed by atoms with Crippen LogP contribution < -0.4 is 10.6 Å². The first-order valence-electron chi connectivity index (χ1n) is 5.11. The number of alkyl carbamates (subject to hydrolysis) is 1. The maximum atomic E-state index is 11.4. The quantitative estimate of drug-likeness (QED) is 0.647. The van der Waals surface area contributed by atoms with Crippen molar-refractivity contribution in [2.45, 2.75) is 46.4 Å². The zero-order valence-electron chi connectivity index (χ0n) is 10.3. The monoisotopic (exact) mass is 232 g/mol. The molecule has 0 aliphatic rings. The Kier molecular flexibility index (Phi) is 5.07. The molecule has 1 unspecified atom stereocenters. The zero-order valence-corrected chi connectivity index (χ0v) is 10.3. The highest BCUT2D eigenvalue weighted by atomic mass is 16.6. The number of carboxylic acid groups (broad SMARTS) is 1. The molecule has 0 aromatic carbocycles. The van der Waals surface area contributed by atoms with Crippen LogP contribution in [0.3, 0.4) is 0 Å².